The van der Waals surface area contributed by atoms with Crippen molar-refractivity contribution in [2.45, 2.75) is 13.5 Å². The van der Waals surface area contributed by atoms with E-state index in [4.69, 9.17) is 10.8 Å². The predicted molar refractivity (Wildman–Crippen MR) is 54.2 cm³/mol. The van der Waals surface area contributed by atoms with Crippen molar-refractivity contribution < 1.29 is 14.6 Å². The molecule has 1 unspecified atom stereocenters. The van der Waals surface area contributed by atoms with Gasteiger partial charge in [-0.1, -0.05) is 6.92 Å². The Kier molecular flexibility index (Phi) is 3.68. The normalized spacial score (nSPS) is 12.5. The van der Waals surface area contributed by atoms with E-state index in [1.165, 1.54) is 11.8 Å². The maximum absolute atomic E-state index is 11.2. The fourth-order valence-corrected chi connectivity index (χ4v) is 1.16. The van der Waals surface area contributed by atoms with Gasteiger partial charge in [-0.05, 0) is 5.92 Å². The number of aromatic nitrogens is 2. The van der Waals surface area contributed by atoms with Gasteiger partial charge in [-0.15, -0.1) is 0 Å². The first kappa shape index (κ1) is 11.5. The summed E-state index contributed by atoms with van der Waals surface area (Å²) in [5.74, 6) is -0.488. The highest BCUT2D eigenvalue weighted by atomic mass is 16.5. The van der Waals surface area contributed by atoms with Crippen LogP contribution >= 0.6 is 0 Å². The number of hydrogen-bond acceptors (Lipinski definition) is 5. The Morgan fingerprint density at radius 2 is 2.47 bits per heavy atom. The van der Waals surface area contributed by atoms with Crippen molar-refractivity contribution in [1.82, 2.24) is 9.78 Å². The lowest BCUT2D eigenvalue weighted by Crippen LogP contribution is -2.12. The molecule has 0 aromatic carbocycles. The van der Waals surface area contributed by atoms with E-state index in [1.807, 2.05) is 6.92 Å². The minimum atomic E-state index is -0.553. The number of ether oxygens (including phenoxy) is 1. The highest BCUT2D eigenvalue weighted by Crippen LogP contribution is 2.11. The van der Waals surface area contributed by atoms with Crippen molar-refractivity contribution in [2.24, 2.45) is 5.92 Å². The molecule has 3 N–H and O–H groups in total. The quantitative estimate of drug-likeness (QED) is 0.680. The summed E-state index contributed by atoms with van der Waals surface area (Å²) in [5, 5.41) is 12.8. The smallest absolute Gasteiger partial charge is 0.360 e. The van der Waals surface area contributed by atoms with Gasteiger partial charge >= 0.3 is 5.97 Å². The van der Waals surface area contributed by atoms with Gasteiger partial charge in [0.1, 0.15) is 0 Å². The number of nitrogens with zero attached hydrogens (tertiary/aromatic N) is 2. The first-order valence-electron chi connectivity index (χ1n) is 4.60. The maximum Gasteiger partial charge on any atom is 0.360 e. The number of anilines is 1. The maximum atomic E-state index is 11.2. The van der Waals surface area contributed by atoms with Crippen LogP contribution in [-0.2, 0) is 11.3 Å². The molecule has 1 aromatic heterocycles. The molecule has 0 spiro atoms. The SMILES string of the molecule is COC(=O)c1nn(CC(C)CO)cc1N. The van der Waals surface area contributed by atoms with Crippen LogP contribution in [0.3, 0.4) is 0 Å². The lowest BCUT2D eigenvalue weighted by atomic mass is 10.2. The molecule has 0 saturated heterocycles. The number of methoxy groups -OCH3 is 1. The zero-order valence-electron chi connectivity index (χ0n) is 8.80. The van der Waals surface area contributed by atoms with Gasteiger partial charge in [0.15, 0.2) is 5.69 Å². The third-order valence-corrected chi connectivity index (χ3v) is 1.98. The first-order valence-corrected chi connectivity index (χ1v) is 4.60. The Labute approximate surface area is 87.6 Å². The van der Waals surface area contributed by atoms with E-state index in [1.54, 1.807) is 6.20 Å². The van der Waals surface area contributed by atoms with Gasteiger partial charge in [0.25, 0.3) is 0 Å². The average Bonchev–Trinajstić information content (AvgIpc) is 2.58. The number of hydrogen-bond donors (Lipinski definition) is 2. The summed E-state index contributed by atoms with van der Waals surface area (Å²) in [5.41, 5.74) is 5.99. The van der Waals surface area contributed by atoms with E-state index < -0.39 is 5.97 Å². The van der Waals surface area contributed by atoms with Gasteiger partial charge in [0, 0.05) is 19.3 Å². The van der Waals surface area contributed by atoms with Crippen molar-refractivity contribution in [1.29, 1.82) is 0 Å². The number of aliphatic hydroxyl groups excluding tert-OH is 1. The standard InChI is InChI=1S/C9H15N3O3/c1-6(5-13)3-12-4-7(10)8(11-12)9(14)15-2/h4,6,13H,3,5,10H2,1-2H3. The van der Waals surface area contributed by atoms with Crippen LogP contribution in [0.5, 0.6) is 0 Å². The molecule has 0 aliphatic rings. The number of carbonyl (C=O) groups is 1. The van der Waals surface area contributed by atoms with Crippen molar-refractivity contribution in [3.63, 3.8) is 0 Å². The Morgan fingerprint density at radius 1 is 1.80 bits per heavy atom. The second kappa shape index (κ2) is 4.79. The van der Waals surface area contributed by atoms with E-state index in [9.17, 15) is 4.79 Å². The van der Waals surface area contributed by atoms with E-state index in [2.05, 4.69) is 9.84 Å². The van der Waals surface area contributed by atoms with E-state index in [-0.39, 0.29) is 23.9 Å². The van der Waals surface area contributed by atoms with Crippen LogP contribution in [0.15, 0.2) is 6.20 Å². The van der Waals surface area contributed by atoms with Crippen LogP contribution < -0.4 is 5.73 Å². The molecule has 1 aromatic rings. The number of nitrogens with two attached hydrogens (primary N) is 1. The number of nitrogen functional groups attached to an aromatic ring is 1. The van der Waals surface area contributed by atoms with E-state index in [0.717, 1.165) is 0 Å². The largest absolute Gasteiger partial charge is 0.464 e. The molecule has 15 heavy (non-hydrogen) atoms. The molecule has 84 valence electrons. The van der Waals surface area contributed by atoms with E-state index >= 15 is 0 Å². The Bertz CT molecular complexity index is 348. The second-order valence-electron chi connectivity index (χ2n) is 3.43. The highest BCUT2D eigenvalue weighted by Gasteiger charge is 2.15. The number of aliphatic hydroxyl groups is 1. The summed E-state index contributed by atoms with van der Waals surface area (Å²) in [4.78, 5) is 11.2. The first-order chi connectivity index (χ1) is 7.08. The molecule has 0 saturated carbocycles. The summed E-state index contributed by atoms with van der Waals surface area (Å²) < 4.78 is 6.05. The monoisotopic (exact) mass is 213 g/mol. The Balaban J connectivity index is 2.81. The molecule has 1 rings (SSSR count). The van der Waals surface area contributed by atoms with Crippen LogP contribution in [0.1, 0.15) is 17.4 Å². The van der Waals surface area contributed by atoms with Gasteiger partial charge in [0.2, 0.25) is 0 Å². The molecule has 1 heterocycles. The third kappa shape index (κ3) is 2.69. The topological polar surface area (TPSA) is 90.4 Å². The van der Waals surface area contributed by atoms with Crippen LogP contribution in [0.4, 0.5) is 5.69 Å². The fourth-order valence-electron chi connectivity index (χ4n) is 1.16. The van der Waals surface area contributed by atoms with Crippen LogP contribution in [0.2, 0.25) is 0 Å². The molecular formula is C9H15N3O3. The van der Waals surface area contributed by atoms with Gasteiger partial charge in [-0.3, -0.25) is 4.68 Å². The second-order valence-corrected chi connectivity index (χ2v) is 3.43. The molecule has 0 aliphatic heterocycles. The number of carbonyl (C=O) groups excluding carboxylic acids is 1. The van der Waals surface area contributed by atoms with E-state index in [0.29, 0.717) is 6.54 Å². The summed E-state index contributed by atoms with van der Waals surface area (Å²) >= 11 is 0. The molecule has 6 heteroatoms. The van der Waals surface area contributed by atoms with Crippen molar-refractivity contribution in [2.75, 3.05) is 19.5 Å². The van der Waals surface area contributed by atoms with Crippen molar-refractivity contribution >= 4 is 11.7 Å². The summed E-state index contributed by atoms with van der Waals surface area (Å²) in [6.07, 6.45) is 1.55. The minimum absolute atomic E-state index is 0.0628. The molecule has 0 radical (unpaired) electrons. The highest BCUT2D eigenvalue weighted by molar-refractivity contribution is 5.92. The van der Waals surface area contributed by atoms with Gasteiger partial charge in [-0.25, -0.2) is 4.79 Å². The Morgan fingerprint density at radius 3 is 3.00 bits per heavy atom. The summed E-state index contributed by atoms with van der Waals surface area (Å²) in [7, 11) is 1.27. The lowest BCUT2D eigenvalue weighted by molar-refractivity contribution is 0.0594. The zero-order valence-corrected chi connectivity index (χ0v) is 8.80. The van der Waals surface area contributed by atoms with Crippen LogP contribution in [-0.4, -0.2) is 34.6 Å². The number of esters is 1. The third-order valence-electron chi connectivity index (χ3n) is 1.98. The van der Waals surface area contributed by atoms with Crippen molar-refractivity contribution in [3.05, 3.63) is 11.9 Å². The molecular weight excluding hydrogens is 198 g/mol. The average molecular weight is 213 g/mol. The van der Waals surface area contributed by atoms with Crippen LogP contribution in [0.25, 0.3) is 0 Å². The molecule has 0 amide bonds. The van der Waals surface area contributed by atoms with Gasteiger partial charge < -0.3 is 15.6 Å². The molecule has 0 fully saturated rings. The summed E-state index contributed by atoms with van der Waals surface area (Å²) in [6, 6.07) is 0. The zero-order chi connectivity index (χ0) is 11.4. The number of rotatable bonds is 4. The van der Waals surface area contributed by atoms with Gasteiger partial charge in [0.05, 0.1) is 12.8 Å². The molecule has 6 nitrogen and oxygen atoms in total. The molecule has 0 aliphatic carbocycles. The predicted octanol–water partition coefficient (Wildman–Crippen LogP) is -0.120. The minimum Gasteiger partial charge on any atom is -0.464 e. The Hall–Kier alpha value is -1.56. The van der Waals surface area contributed by atoms with Crippen LogP contribution in [0, 0.1) is 5.92 Å². The van der Waals surface area contributed by atoms with Crippen molar-refractivity contribution in [3.8, 4) is 0 Å². The summed E-state index contributed by atoms with van der Waals surface area (Å²) in [6.45, 7) is 2.45. The molecule has 0 bridgehead atoms. The van der Waals surface area contributed by atoms with Gasteiger partial charge in [-0.2, -0.15) is 5.10 Å². The molecule has 1 atom stereocenters. The fraction of sp³-hybridized carbons (Fsp3) is 0.556. The lowest BCUT2D eigenvalue weighted by Gasteiger charge is -2.06.